The highest BCUT2D eigenvalue weighted by atomic mass is 19.3. The molecule has 0 saturated heterocycles. The van der Waals surface area contributed by atoms with Gasteiger partial charge in [-0.05, 0) is 73.1 Å². The number of carbonyl (C=O) groups excluding carboxylic acids is 2. The summed E-state index contributed by atoms with van der Waals surface area (Å²) in [5, 5.41) is 25.5. The van der Waals surface area contributed by atoms with Crippen molar-refractivity contribution in [1.82, 2.24) is 10.6 Å². The second-order valence-corrected chi connectivity index (χ2v) is 10.7. The lowest BCUT2D eigenvalue weighted by Gasteiger charge is -2.39. The number of hydrogen-bond acceptors (Lipinski definition) is 5. The molecule has 1 aromatic heterocycles. The fourth-order valence-corrected chi connectivity index (χ4v) is 5.13. The van der Waals surface area contributed by atoms with Crippen LogP contribution < -0.4 is 16.0 Å². The quantitative estimate of drug-likeness (QED) is 0.200. The molecule has 0 unspecified atom stereocenters. The van der Waals surface area contributed by atoms with Gasteiger partial charge in [-0.15, -0.1) is 0 Å². The van der Waals surface area contributed by atoms with Gasteiger partial charge in [0.1, 0.15) is 23.0 Å². The van der Waals surface area contributed by atoms with Crippen LogP contribution in [-0.4, -0.2) is 41.5 Å². The Morgan fingerprint density at radius 3 is 2.41 bits per heavy atom. The van der Waals surface area contributed by atoms with Crippen LogP contribution in [0.3, 0.4) is 0 Å². The average molecular weight is 561 g/mol. The minimum Gasteiger partial charge on any atom is -0.451 e. The van der Waals surface area contributed by atoms with Gasteiger partial charge in [-0.25, -0.2) is 13.8 Å². The van der Waals surface area contributed by atoms with Gasteiger partial charge in [0, 0.05) is 23.9 Å². The number of nitrogens with one attached hydrogen (secondary N) is 4. The largest absolute Gasteiger partial charge is 0.451 e. The van der Waals surface area contributed by atoms with E-state index in [9.17, 15) is 23.6 Å². The number of furan rings is 1. The summed E-state index contributed by atoms with van der Waals surface area (Å²) in [5.74, 6) is -4.26. The summed E-state index contributed by atoms with van der Waals surface area (Å²) in [7, 11) is 0. The van der Waals surface area contributed by atoms with Gasteiger partial charge in [0.05, 0.1) is 12.4 Å². The number of nitriles is 1. The van der Waals surface area contributed by atoms with E-state index in [0.29, 0.717) is 23.8 Å². The first kappa shape index (κ1) is 28.0. The standard InChI is InChI=1S/C30H30F2N6O3/c1-2-19-13-20(5-6-23(19)36-18-35-17-34)21-3-4-22-15-25(41-24(22)14-21)26(39)37-29(9-11-30(31,32)12-10-29)27(40)38-28(16-33)7-8-28/h3-6,13-15,17-18H,2,7-12H2,1H3,(H,37,39)(H,38,40)(H2,34,35,36). The maximum Gasteiger partial charge on any atom is 0.287 e. The summed E-state index contributed by atoms with van der Waals surface area (Å²) in [6.45, 7) is 2.03. The van der Waals surface area contributed by atoms with Crippen LogP contribution >= 0.6 is 0 Å². The van der Waals surface area contributed by atoms with Crippen molar-refractivity contribution in [2.45, 2.75) is 68.9 Å². The zero-order chi connectivity index (χ0) is 29.3. The number of fused-ring (bicyclic) bond motifs is 1. The van der Waals surface area contributed by atoms with E-state index in [2.05, 4.69) is 27.0 Å². The van der Waals surface area contributed by atoms with E-state index in [0.717, 1.165) is 35.1 Å². The van der Waals surface area contributed by atoms with Gasteiger partial charge in [0.15, 0.2) is 5.76 Å². The number of anilines is 1. The van der Waals surface area contributed by atoms with Crippen LogP contribution in [0.1, 0.15) is 61.6 Å². The van der Waals surface area contributed by atoms with Crippen molar-refractivity contribution in [2.24, 2.45) is 4.99 Å². The maximum absolute atomic E-state index is 14.0. The third kappa shape index (κ3) is 5.82. The third-order valence-corrected chi connectivity index (χ3v) is 7.87. The first-order valence-corrected chi connectivity index (χ1v) is 13.5. The Morgan fingerprint density at radius 1 is 1.05 bits per heavy atom. The molecular weight excluding hydrogens is 530 g/mol. The van der Waals surface area contributed by atoms with Crippen LogP contribution in [-0.2, 0) is 11.2 Å². The Bertz CT molecular complexity index is 1570. The van der Waals surface area contributed by atoms with E-state index in [1.807, 2.05) is 43.3 Å². The molecule has 3 aromatic rings. The highest BCUT2D eigenvalue weighted by Crippen LogP contribution is 2.41. The molecule has 0 atom stereocenters. The second kappa shape index (κ2) is 10.8. The first-order chi connectivity index (χ1) is 19.6. The second-order valence-electron chi connectivity index (χ2n) is 10.7. The molecule has 212 valence electrons. The van der Waals surface area contributed by atoms with E-state index in [1.54, 1.807) is 6.07 Å². The minimum atomic E-state index is -2.92. The fraction of sp³-hybridized carbons (Fsp3) is 0.367. The number of rotatable bonds is 9. The molecule has 5 rings (SSSR count). The topological polar surface area (TPSA) is 143 Å². The molecule has 2 aliphatic carbocycles. The lowest BCUT2D eigenvalue weighted by atomic mass is 9.78. The number of benzene rings is 2. The number of aliphatic imine (C=N–C) groups is 1. The third-order valence-electron chi connectivity index (χ3n) is 7.87. The number of hydrogen-bond donors (Lipinski definition) is 4. The molecule has 11 heteroatoms. The normalized spacial score (nSPS) is 18.4. The predicted molar refractivity (Wildman–Crippen MR) is 151 cm³/mol. The van der Waals surface area contributed by atoms with Crippen molar-refractivity contribution >= 4 is 41.1 Å². The van der Waals surface area contributed by atoms with E-state index in [4.69, 9.17) is 9.83 Å². The Hall–Kier alpha value is -4.59. The SMILES string of the molecule is CCc1cc(-c2ccc3cc(C(=O)NC4(C(=O)NC5(C#N)CC5)CCC(F)(F)CC4)oc3c2)ccc1N/C=N\C=N. The summed E-state index contributed by atoms with van der Waals surface area (Å²) in [5.41, 5.74) is 1.62. The van der Waals surface area contributed by atoms with E-state index >= 15 is 0 Å². The van der Waals surface area contributed by atoms with Crippen molar-refractivity contribution < 1.29 is 22.8 Å². The molecule has 41 heavy (non-hydrogen) atoms. The number of halogens is 2. The molecule has 1 heterocycles. The zero-order valence-corrected chi connectivity index (χ0v) is 22.5. The van der Waals surface area contributed by atoms with Gasteiger partial charge in [0.25, 0.3) is 5.91 Å². The molecule has 0 bridgehead atoms. The molecule has 0 radical (unpaired) electrons. The molecule has 2 amide bonds. The Morgan fingerprint density at radius 2 is 1.76 bits per heavy atom. The lowest BCUT2D eigenvalue weighted by molar-refractivity contribution is -0.133. The monoisotopic (exact) mass is 560 g/mol. The Kier molecular flexibility index (Phi) is 7.34. The highest BCUT2D eigenvalue weighted by molar-refractivity contribution is 6.01. The number of nitrogens with zero attached hydrogens (tertiary/aromatic N) is 2. The highest BCUT2D eigenvalue weighted by Gasteiger charge is 2.53. The van der Waals surface area contributed by atoms with Crippen LogP contribution in [0.4, 0.5) is 14.5 Å². The average Bonchev–Trinajstić information content (AvgIpc) is 3.61. The summed E-state index contributed by atoms with van der Waals surface area (Å²) >= 11 is 0. The Balaban J connectivity index is 1.38. The molecule has 2 fully saturated rings. The molecule has 2 aromatic carbocycles. The van der Waals surface area contributed by atoms with Crippen LogP contribution in [0, 0.1) is 16.7 Å². The van der Waals surface area contributed by atoms with Gasteiger partial charge >= 0.3 is 0 Å². The number of aryl methyl sites for hydroxylation is 1. The lowest BCUT2D eigenvalue weighted by Crippen LogP contribution is -2.62. The summed E-state index contributed by atoms with van der Waals surface area (Å²) in [6, 6.07) is 15.1. The van der Waals surface area contributed by atoms with Gasteiger partial charge in [0.2, 0.25) is 11.8 Å². The van der Waals surface area contributed by atoms with Crippen molar-refractivity contribution in [1.29, 1.82) is 10.7 Å². The zero-order valence-electron chi connectivity index (χ0n) is 22.5. The number of amides is 2. The summed E-state index contributed by atoms with van der Waals surface area (Å²) < 4.78 is 33.9. The molecule has 2 aliphatic rings. The summed E-state index contributed by atoms with van der Waals surface area (Å²) in [6.07, 6.45) is 2.53. The van der Waals surface area contributed by atoms with Crippen LogP contribution in [0.2, 0.25) is 0 Å². The molecule has 0 spiro atoms. The molecule has 0 aliphatic heterocycles. The number of alkyl halides is 2. The smallest absolute Gasteiger partial charge is 0.287 e. The molecular formula is C30H30F2N6O3. The van der Waals surface area contributed by atoms with Gasteiger partial charge in [-0.2, -0.15) is 5.26 Å². The van der Waals surface area contributed by atoms with Crippen LogP contribution in [0.5, 0.6) is 0 Å². The maximum atomic E-state index is 14.0. The first-order valence-electron chi connectivity index (χ1n) is 13.5. The number of carbonyl (C=O) groups is 2. The molecule has 4 N–H and O–H groups in total. The van der Waals surface area contributed by atoms with Gasteiger partial charge in [-0.1, -0.05) is 25.1 Å². The van der Waals surface area contributed by atoms with Crippen molar-refractivity contribution in [3.8, 4) is 17.2 Å². The van der Waals surface area contributed by atoms with Crippen LogP contribution in [0.25, 0.3) is 22.1 Å². The predicted octanol–water partition coefficient (Wildman–Crippen LogP) is 5.56. The van der Waals surface area contributed by atoms with Crippen LogP contribution in [0.15, 0.2) is 51.9 Å². The fourth-order valence-electron chi connectivity index (χ4n) is 5.13. The van der Waals surface area contributed by atoms with E-state index in [-0.39, 0.29) is 18.6 Å². The van der Waals surface area contributed by atoms with E-state index in [1.165, 1.54) is 6.34 Å². The van der Waals surface area contributed by atoms with Crippen molar-refractivity contribution in [2.75, 3.05) is 5.32 Å². The molecule has 9 nitrogen and oxygen atoms in total. The van der Waals surface area contributed by atoms with E-state index < -0.39 is 41.7 Å². The molecule has 2 saturated carbocycles. The van der Waals surface area contributed by atoms with Gasteiger partial charge in [-0.3, -0.25) is 15.0 Å². The Labute approximate surface area is 235 Å². The minimum absolute atomic E-state index is 0.0395. The van der Waals surface area contributed by atoms with Crippen molar-refractivity contribution in [3.63, 3.8) is 0 Å². The van der Waals surface area contributed by atoms with Crippen molar-refractivity contribution in [3.05, 3.63) is 53.8 Å². The summed E-state index contributed by atoms with van der Waals surface area (Å²) in [4.78, 5) is 30.3. The van der Waals surface area contributed by atoms with Gasteiger partial charge < -0.3 is 20.4 Å².